The van der Waals surface area contributed by atoms with Gasteiger partial charge in [0.15, 0.2) is 0 Å². The van der Waals surface area contributed by atoms with Gasteiger partial charge in [0.2, 0.25) is 5.91 Å². The van der Waals surface area contributed by atoms with E-state index in [0.29, 0.717) is 6.42 Å². The van der Waals surface area contributed by atoms with E-state index in [1.807, 2.05) is 23.9 Å². The van der Waals surface area contributed by atoms with E-state index in [9.17, 15) is 4.79 Å². The van der Waals surface area contributed by atoms with Gasteiger partial charge in [0.1, 0.15) is 0 Å². The average molecular weight is 277 g/mol. The number of nitrogens with one attached hydrogen (secondary N) is 2. The zero-order valence-electron chi connectivity index (χ0n) is 10.9. The van der Waals surface area contributed by atoms with Crippen molar-refractivity contribution >= 4 is 34.7 Å². The Hall–Kier alpha value is -1.36. The van der Waals surface area contributed by atoms with Crippen molar-refractivity contribution in [2.24, 2.45) is 5.92 Å². The van der Waals surface area contributed by atoms with Gasteiger partial charge in [-0.2, -0.15) is 11.8 Å². The first kappa shape index (κ1) is 12.7. The predicted octanol–water partition coefficient (Wildman–Crippen LogP) is 2.32. The highest BCUT2D eigenvalue weighted by Gasteiger charge is 2.20. The summed E-state index contributed by atoms with van der Waals surface area (Å²) in [6.07, 6.45) is 3.00. The summed E-state index contributed by atoms with van der Waals surface area (Å²) < 4.78 is 0. The summed E-state index contributed by atoms with van der Waals surface area (Å²) in [5, 5.41) is 6.31. The molecule has 4 nitrogen and oxygen atoms in total. The summed E-state index contributed by atoms with van der Waals surface area (Å²) in [6.45, 7) is 0.970. The van der Waals surface area contributed by atoms with Gasteiger partial charge in [-0.25, -0.2) is 0 Å². The highest BCUT2D eigenvalue weighted by Crippen LogP contribution is 2.32. The average Bonchev–Trinajstić information content (AvgIpc) is 2.76. The fraction of sp³-hybridized carbons (Fsp3) is 0.500. The molecule has 2 aliphatic heterocycles. The first-order chi connectivity index (χ1) is 9.22. The van der Waals surface area contributed by atoms with Crippen LogP contribution < -0.4 is 16.4 Å². The summed E-state index contributed by atoms with van der Waals surface area (Å²) in [7, 11) is 0. The molecule has 0 radical (unpaired) electrons. The van der Waals surface area contributed by atoms with Crippen LogP contribution in [0.5, 0.6) is 0 Å². The molecule has 1 aromatic carbocycles. The lowest BCUT2D eigenvalue weighted by Gasteiger charge is -2.22. The first-order valence-electron chi connectivity index (χ1n) is 6.76. The third kappa shape index (κ3) is 2.81. The molecule has 102 valence electrons. The molecule has 1 aromatic rings. The SMILES string of the molecule is Nc1cc2c(cc1NCC1CCSCC1)NC(=O)C2. The molecule has 0 bridgehead atoms. The number of nitrogens with two attached hydrogens (primary N) is 1. The topological polar surface area (TPSA) is 67.2 Å². The van der Waals surface area contributed by atoms with Gasteiger partial charge in [0.05, 0.1) is 17.8 Å². The monoisotopic (exact) mass is 277 g/mol. The molecule has 0 atom stereocenters. The van der Waals surface area contributed by atoms with Crippen molar-refractivity contribution in [2.75, 3.05) is 34.4 Å². The van der Waals surface area contributed by atoms with E-state index >= 15 is 0 Å². The number of thioether (sulfide) groups is 1. The Labute approximate surface area is 117 Å². The molecule has 0 saturated carbocycles. The van der Waals surface area contributed by atoms with Crippen LogP contribution in [-0.4, -0.2) is 24.0 Å². The molecule has 0 aliphatic carbocycles. The number of carbonyl (C=O) groups excluding carboxylic acids is 1. The van der Waals surface area contributed by atoms with Crippen LogP contribution in [0.3, 0.4) is 0 Å². The molecule has 1 amide bonds. The number of fused-ring (bicyclic) bond motifs is 1. The van der Waals surface area contributed by atoms with E-state index in [2.05, 4.69) is 10.6 Å². The fourth-order valence-electron chi connectivity index (χ4n) is 2.65. The Kier molecular flexibility index (Phi) is 3.55. The number of hydrogen-bond acceptors (Lipinski definition) is 4. The number of amides is 1. The Morgan fingerprint density at radius 1 is 1.37 bits per heavy atom. The maximum absolute atomic E-state index is 11.4. The molecular formula is C14H19N3OS. The van der Waals surface area contributed by atoms with Gasteiger partial charge < -0.3 is 16.4 Å². The van der Waals surface area contributed by atoms with Crippen molar-refractivity contribution in [2.45, 2.75) is 19.3 Å². The molecule has 0 unspecified atom stereocenters. The maximum Gasteiger partial charge on any atom is 0.228 e. The normalized spacial score (nSPS) is 19.1. The minimum atomic E-state index is 0.0517. The van der Waals surface area contributed by atoms with Gasteiger partial charge in [-0.15, -0.1) is 0 Å². The quantitative estimate of drug-likeness (QED) is 0.742. The molecule has 0 spiro atoms. The van der Waals surface area contributed by atoms with Crippen LogP contribution in [0.2, 0.25) is 0 Å². The van der Waals surface area contributed by atoms with Crippen molar-refractivity contribution < 1.29 is 4.79 Å². The van der Waals surface area contributed by atoms with Crippen molar-refractivity contribution in [1.82, 2.24) is 0 Å². The zero-order chi connectivity index (χ0) is 13.2. The van der Waals surface area contributed by atoms with Gasteiger partial charge in [0, 0.05) is 12.2 Å². The Balaban J connectivity index is 1.67. The predicted molar refractivity (Wildman–Crippen MR) is 81.7 cm³/mol. The summed E-state index contributed by atoms with van der Waals surface area (Å²) in [5.41, 5.74) is 9.63. The number of carbonyl (C=O) groups is 1. The lowest BCUT2D eigenvalue weighted by atomic mass is 10.0. The van der Waals surface area contributed by atoms with Crippen LogP contribution in [0, 0.1) is 5.92 Å². The van der Waals surface area contributed by atoms with Crippen LogP contribution in [-0.2, 0) is 11.2 Å². The van der Waals surface area contributed by atoms with Crippen LogP contribution >= 0.6 is 11.8 Å². The van der Waals surface area contributed by atoms with Crippen LogP contribution in [0.15, 0.2) is 12.1 Å². The number of rotatable bonds is 3. The minimum Gasteiger partial charge on any atom is -0.397 e. The second-order valence-corrected chi connectivity index (χ2v) is 6.48. The second-order valence-electron chi connectivity index (χ2n) is 5.26. The number of hydrogen-bond donors (Lipinski definition) is 3. The molecule has 5 heteroatoms. The molecule has 4 N–H and O–H groups in total. The van der Waals surface area contributed by atoms with Gasteiger partial charge in [-0.05, 0) is 48.0 Å². The number of benzene rings is 1. The first-order valence-corrected chi connectivity index (χ1v) is 7.91. The van der Waals surface area contributed by atoms with Crippen molar-refractivity contribution in [3.63, 3.8) is 0 Å². The summed E-state index contributed by atoms with van der Waals surface area (Å²) in [6, 6.07) is 3.87. The van der Waals surface area contributed by atoms with Crippen LogP contribution in [0.1, 0.15) is 18.4 Å². The van der Waals surface area contributed by atoms with Crippen molar-refractivity contribution in [1.29, 1.82) is 0 Å². The highest BCUT2D eigenvalue weighted by molar-refractivity contribution is 7.99. The summed E-state index contributed by atoms with van der Waals surface area (Å²) in [4.78, 5) is 11.4. The molecule has 0 aromatic heterocycles. The number of anilines is 3. The zero-order valence-corrected chi connectivity index (χ0v) is 11.7. The fourth-order valence-corrected chi connectivity index (χ4v) is 3.86. The summed E-state index contributed by atoms with van der Waals surface area (Å²) in [5.74, 6) is 3.32. The second kappa shape index (κ2) is 5.33. The smallest absolute Gasteiger partial charge is 0.228 e. The largest absolute Gasteiger partial charge is 0.397 e. The maximum atomic E-state index is 11.4. The summed E-state index contributed by atoms with van der Waals surface area (Å²) >= 11 is 2.04. The van der Waals surface area contributed by atoms with Gasteiger partial charge in [-0.1, -0.05) is 0 Å². The minimum absolute atomic E-state index is 0.0517. The molecular weight excluding hydrogens is 258 g/mol. The van der Waals surface area contributed by atoms with Gasteiger partial charge in [0.25, 0.3) is 0 Å². The molecule has 3 rings (SSSR count). The molecule has 19 heavy (non-hydrogen) atoms. The Bertz CT molecular complexity index is 498. The van der Waals surface area contributed by atoms with Gasteiger partial charge in [-0.3, -0.25) is 4.79 Å². The molecule has 2 heterocycles. The third-order valence-electron chi connectivity index (χ3n) is 3.82. The highest BCUT2D eigenvalue weighted by atomic mass is 32.2. The molecule has 2 aliphatic rings. The van der Waals surface area contributed by atoms with E-state index in [1.165, 1.54) is 24.3 Å². The lowest BCUT2D eigenvalue weighted by Crippen LogP contribution is -2.19. The Morgan fingerprint density at radius 3 is 2.95 bits per heavy atom. The van der Waals surface area contributed by atoms with E-state index in [4.69, 9.17) is 5.73 Å². The third-order valence-corrected chi connectivity index (χ3v) is 4.87. The van der Waals surface area contributed by atoms with E-state index < -0.39 is 0 Å². The van der Waals surface area contributed by atoms with Gasteiger partial charge >= 0.3 is 0 Å². The van der Waals surface area contributed by atoms with E-state index in [1.54, 1.807) is 0 Å². The van der Waals surface area contributed by atoms with Crippen LogP contribution in [0.25, 0.3) is 0 Å². The number of nitrogen functional groups attached to an aromatic ring is 1. The standard InChI is InChI=1S/C14H19N3OS/c15-11-5-10-6-14(18)17-12(10)7-13(11)16-8-9-1-3-19-4-2-9/h5,7,9,16H,1-4,6,8,15H2,(H,17,18). The van der Waals surface area contributed by atoms with Crippen molar-refractivity contribution in [3.8, 4) is 0 Å². The van der Waals surface area contributed by atoms with E-state index in [-0.39, 0.29) is 5.91 Å². The lowest BCUT2D eigenvalue weighted by molar-refractivity contribution is -0.115. The van der Waals surface area contributed by atoms with Crippen molar-refractivity contribution in [3.05, 3.63) is 17.7 Å². The Morgan fingerprint density at radius 2 is 2.16 bits per heavy atom. The van der Waals surface area contributed by atoms with Crippen LogP contribution in [0.4, 0.5) is 17.1 Å². The van der Waals surface area contributed by atoms with E-state index in [0.717, 1.165) is 35.1 Å². The molecule has 1 fully saturated rings. The molecule has 1 saturated heterocycles.